The van der Waals surface area contributed by atoms with E-state index in [0.29, 0.717) is 50.6 Å². The molecule has 2 aliphatic rings. The molecule has 0 spiro atoms. The second kappa shape index (κ2) is 19.6. The zero-order valence-corrected chi connectivity index (χ0v) is 35.4. The smallest absolute Gasteiger partial charge is 0.246 e. The van der Waals surface area contributed by atoms with E-state index in [2.05, 4.69) is 5.32 Å². The molecule has 3 rings (SSSR count). The molecular formula is C42H68N6O7. The van der Waals surface area contributed by atoms with Crippen LogP contribution in [0.25, 0.3) is 0 Å². The Hall–Kier alpha value is -4.16. The SMILES string of the molecule is CC(C)C[C@@H]1C(=O)N(C)[C@@H](CC(C)C)C(=O)N(C)[C@@H](CC(C)C)C(=O)N2CCC[C@@H]2C(=O)N[C@@H](Cc2ccc(O)cc2)C(=O)N(C)[C@@H](CC(C)C)C(=O)N1C. The molecule has 55 heavy (non-hydrogen) atoms. The van der Waals surface area contributed by atoms with E-state index in [1.54, 1.807) is 40.3 Å². The molecule has 2 heterocycles. The summed E-state index contributed by atoms with van der Waals surface area (Å²) in [5.41, 5.74) is 0.675. The van der Waals surface area contributed by atoms with E-state index in [9.17, 15) is 33.9 Å². The molecular weight excluding hydrogens is 700 g/mol. The van der Waals surface area contributed by atoms with Crippen molar-refractivity contribution in [1.82, 2.24) is 29.8 Å². The minimum atomic E-state index is -1.11. The Morgan fingerprint density at radius 2 is 0.945 bits per heavy atom. The summed E-state index contributed by atoms with van der Waals surface area (Å²) in [6, 6.07) is 0.648. The number of nitrogens with zero attached hydrogens (tertiary/aromatic N) is 5. The van der Waals surface area contributed by atoms with Crippen molar-refractivity contribution < 1.29 is 33.9 Å². The van der Waals surface area contributed by atoms with Crippen LogP contribution in [-0.2, 0) is 35.2 Å². The Kier molecular flexibility index (Phi) is 16.1. The van der Waals surface area contributed by atoms with Crippen LogP contribution in [-0.4, -0.2) is 136 Å². The Morgan fingerprint density at radius 3 is 1.33 bits per heavy atom. The van der Waals surface area contributed by atoms with Gasteiger partial charge in [-0.05, 0) is 79.9 Å². The minimum Gasteiger partial charge on any atom is -0.508 e. The summed E-state index contributed by atoms with van der Waals surface area (Å²) in [4.78, 5) is 94.7. The second-order valence-electron chi connectivity index (χ2n) is 17.5. The number of likely N-dealkylation sites (N-methyl/N-ethyl adjacent to an activating group) is 4. The molecule has 6 atom stereocenters. The molecule has 2 aliphatic heterocycles. The summed E-state index contributed by atoms with van der Waals surface area (Å²) in [7, 11) is 6.33. The van der Waals surface area contributed by atoms with E-state index >= 15 is 0 Å². The Bertz CT molecular complexity index is 1510. The lowest BCUT2D eigenvalue weighted by atomic mass is 9.95. The van der Waals surface area contributed by atoms with Gasteiger partial charge in [0, 0.05) is 41.2 Å². The number of benzene rings is 1. The number of phenolic OH excluding ortho intramolecular Hbond substituents is 1. The lowest BCUT2D eigenvalue weighted by Gasteiger charge is -2.41. The molecule has 1 aromatic rings. The van der Waals surface area contributed by atoms with Crippen LogP contribution in [0.4, 0.5) is 0 Å². The fraction of sp³-hybridized carbons (Fsp3) is 0.714. The van der Waals surface area contributed by atoms with Crippen molar-refractivity contribution in [1.29, 1.82) is 0 Å². The second-order valence-corrected chi connectivity index (χ2v) is 17.5. The fourth-order valence-corrected chi connectivity index (χ4v) is 7.88. The Morgan fingerprint density at radius 1 is 0.582 bits per heavy atom. The number of amides is 6. The van der Waals surface area contributed by atoms with Gasteiger partial charge in [-0.15, -0.1) is 0 Å². The van der Waals surface area contributed by atoms with Gasteiger partial charge in [-0.2, -0.15) is 0 Å². The van der Waals surface area contributed by atoms with Gasteiger partial charge >= 0.3 is 0 Å². The van der Waals surface area contributed by atoms with Crippen LogP contribution in [0.2, 0.25) is 0 Å². The van der Waals surface area contributed by atoms with Crippen LogP contribution in [0.1, 0.15) is 99.5 Å². The highest BCUT2D eigenvalue weighted by Gasteiger charge is 2.45. The standard InChI is InChI=1S/C42H68N6O7/c1-25(2)20-33-39(52)45(10)34(21-26(3)4)40(53)46(11)35(22-27(5)6)41(54)47(12)36(23-28(7)8)42(55)48-19-13-14-32(48)37(50)43-31(38(51)44(33)9)24-29-15-17-30(49)18-16-29/h15-18,25-28,31-36,49H,13-14,19-24H2,1-12H3,(H,43,50)/t31-,32+,33-,34+,35-,36-/m0/s1. The van der Waals surface area contributed by atoms with Crippen LogP contribution in [0.5, 0.6) is 5.75 Å². The van der Waals surface area contributed by atoms with Gasteiger partial charge < -0.3 is 34.9 Å². The first-order chi connectivity index (χ1) is 25.7. The van der Waals surface area contributed by atoms with E-state index in [1.807, 2.05) is 55.4 Å². The molecule has 308 valence electrons. The number of fused-ring (bicyclic) bond motifs is 1. The van der Waals surface area contributed by atoms with Gasteiger partial charge in [0.05, 0.1) is 0 Å². The lowest BCUT2D eigenvalue weighted by molar-refractivity contribution is -0.157. The first-order valence-corrected chi connectivity index (χ1v) is 20.1. The van der Waals surface area contributed by atoms with E-state index < -0.39 is 54.0 Å². The Labute approximate surface area is 329 Å². The molecule has 0 bridgehead atoms. The number of carbonyl (C=O) groups is 6. The molecule has 6 amide bonds. The van der Waals surface area contributed by atoms with Gasteiger partial charge in [0.25, 0.3) is 0 Å². The number of nitrogens with one attached hydrogen (secondary N) is 1. The number of rotatable bonds is 10. The molecule has 13 nitrogen and oxygen atoms in total. The van der Waals surface area contributed by atoms with E-state index in [1.165, 1.54) is 36.6 Å². The molecule has 2 fully saturated rings. The molecule has 2 saturated heterocycles. The van der Waals surface area contributed by atoms with Gasteiger partial charge in [0.15, 0.2) is 0 Å². The highest BCUT2D eigenvalue weighted by molar-refractivity contribution is 5.98. The molecule has 0 aliphatic carbocycles. The van der Waals surface area contributed by atoms with E-state index in [-0.39, 0.29) is 53.6 Å². The van der Waals surface area contributed by atoms with E-state index in [4.69, 9.17) is 0 Å². The maximum atomic E-state index is 14.7. The zero-order chi connectivity index (χ0) is 41.5. The molecule has 13 heteroatoms. The maximum Gasteiger partial charge on any atom is 0.246 e. The zero-order valence-electron chi connectivity index (χ0n) is 35.4. The average molecular weight is 769 g/mol. The highest BCUT2D eigenvalue weighted by atomic mass is 16.3. The monoisotopic (exact) mass is 769 g/mol. The summed E-state index contributed by atoms with van der Waals surface area (Å²) >= 11 is 0. The van der Waals surface area contributed by atoms with Crippen molar-refractivity contribution in [3.8, 4) is 5.75 Å². The van der Waals surface area contributed by atoms with Gasteiger partial charge in [-0.25, -0.2) is 0 Å². The van der Waals surface area contributed by atoms with Crippen LogP contribution in [0.3, 0.4) is 0 Å². The third kappa shape index (κ3) is 11.4. The summed E-state index contributed by atoms with van der Waals surface area (Å²) in [6.45, 7) is 16.0. The predicted octanol–water partition coefficient (Wildman–Crippen LogP) is 3.92. The molecule has 0 saturated carbocycles. The van der Waals surface area contributed by atoms with Gasteiger partial charge in [0.2, 0.25) is 35.4 Å². The van der Waals surface area contributed by atoms with Crippen LogP contribution < -0.4 is 5.32 Å². The van der Waals surface area contributed by atoms with Crippen molar-refractivity contribution >= 4 is 35.4 Å². The maximum absolute atomic E-state index is 14.7. The molecule has 0 aromatic heterocycles. The number of aromatic hydroxyl groups is 1. The summed E-state index contributed by atoms with van der Waals surface area (Å²) in [5, 5.41) is 12.9. The van der Waals surface area contributed by atoms with Gasteiger partial charge in [0.1, 0.15) is 42.0 Å². The average Bonchev–Trinajstić information content (AvgIpc) is 3.62. The summed E-state index contributed by atoms with van der Waals surface area (Å²) in [5.74, 6) is -2.41. The normalized spacial score (nSPS) is 25.8. The Balaban J connectivity index is 2.27. The van der Waals surface area contributed by atoms with Gasteiger partial charge in [-0.1, -0.05) is 67.5 Å². The lowest BCUT2D eigenvalue weighted by Crippen LogP contribution is -2.62. The largest absolute Gasteiger partial charge is 0.508 e. The van der Waals surface area contributed by atoms with Crippen molar-refractivity contribution in [2.24, 2.45) is 23.7 Å². The van der Waals surface area contributed by atoms with Crippen molar-refractivity contribution in [3.05, 3.63) is 29.8 Å². The van der Waals surface area contributed by atoms with E-state index in [0.717, 1.165) is 0 Å². The number of phenols is 1. The third-order valence-corrected chi connectivity index (χ3v) is 11.0. The van der Waals surface area contributed by atoms with Crippen molar-refractivity contribution in [2.75, 3.05) is 34.7 Å². The molecule has 0 radical (unpaired) electrons. The van der Waals surface area contributed by atoms with Crippen molar-refractivity contribution in [3.63, 3.8) is 0 Å². The number of hydrogen-bond acceptors (Lipinski definition) is 7. The minimum absolute atomic E-state index is 0.00615. The molecule has 0 unspecified atom stereocenters. The van der Waals surface area contributed by atoms with Gasteiger partial charge in [-0.3, -0.25) is 28.8 Å². The molecule has 1 aromatic carbocycles. The topological polar surface area (TPSA) is 151 Å². The first kappa shape index (κ1) is 45.2. The van der Waals surface area contributed by atoms with Crippen LogP contribution in [0, 0.1) is 23.7 Å². The fourth-order valence-electron chi connectivity index (χ4n) is 7.88. The third-order valence-electron chi connectivity index (χ3n) is 11.0. The predicted molar refractivity (Wildman–Crippen MR) is 213 cm³/mol. The van der Waals surface area contributed by atoms with Crippen LogP contribution >= 0.6 is 0 Å². The molecule has 2 N–H and O–H groups in total. The van der Waals surface area contributed by atoms with Crippen molar-refractivity contribution in [2.45, 2.75) is 137 Å². The summed E-state index contributed by atoms with van der Waals surface area (Å²) in [6.07, 6.45) is 2.31. The quantitative estimate of drug-likeness (QED) is 0.367. The number of hydrogen-bond donors (Lipinski definition) is 2. The van der Waals surface area contributed by atoms with Crippen LogP contribution in [0.15, 0.2) is 24.3 Å². The highest BCUT2D eigenvalue weighted by Crippen LogP contribution is 2.27. The number of carbonyl (C=O) groups excluding carboxylic acids is 6. The first-order valence-electron chi connectivity index (χ1n) is 20.1. The summed E-state index contributed by atoms with van der Waals surface area (Å²) < 4.78 is 0.